The van der Waals surface area contributed by atoms with Gasteiger partial charge in [-0.25, -0.2) is 4.79 Å². The van der Waals surface area contributed by atoms with Crippen molar-refractivity contribution in [3.63, 3.8) is 0 Å². The minimum atomic E-state index is -1.07. The SMILES string of the molecule is COCCCc1ccc(Cl)c(CN(C(=O)C(Cc2ccc(OCCOc3c(Cl)cc(CCCO)cc3Cl)cc2)CN(C(=O)O)C(C)(C)C)C2CC2)c1. The number of methoxy groups -OCH3 is 1. The van der Waals surface area contributed by atoms with Gasteiger partial charge in [0.25, 0.3) is 0 Å². The van der Waals surface area contributed by atoms with E-state index in [0.717, 1.165) is 47.9 Å². The number of hydrogen-bond acceptors (Lipinski definition) is 6. The number of benzene rings is 3. The van der Waals surface area contributed by atoms with Crippen molar-refractivity contribution >= 4 is 46.8 Å². The standard InChI is InChI=1S/C40H51Cl3N2O7/c1-40(2,3)45(39(48)49)26-31(38(47)44(32-12-13-32)25-30-21-27(8-6-18-50-4)11-16-34(30)41)22-28-9-14-33(15-10-28)51-19-20-52-37-35(42)23-29(7-5-17-46)24-36(37)43/h9-11,14-16,21,23-24,31-32,46H,5-8,12-13,17-20,22,25-26H2,1-4H3,(H,48,49). The van der Waals surface area contributed by atoms with Gasteiger partial charge >= 0.3 is 6.09 Å². The van der Waals surface area contributed by atoms with E-state index in [4.69, 9.17) is 54.1 Å². The molecular formula is C40H51Cl3N2O7. The van der Waals surface area contributed by atoms with Crippen LogP contribution < -0.4 is 9.47 Å². The van der Waals surface area contributed by atoms with Crippen LogP contribution in [-0.4, -0.2) is 83.7 Å². The summed E-state index contributed by atoms with van der Waals surface area (Å²) in [6.07, 6.45) is 4.08. The van der Waals surface area contributed by atoms with Gasteiger partial charge in [0.1, 0.15) is 19.0 Å². The van der Waals surface area contributed by atoms with Crippen molar-refractivity contribution in [1.82, 2.24) is 9.80 Å². The number of hydrogen-bond donors (Lipinski definition) is 2. The predicted octanol–water partition coefficient (Wildman–Crippen LogP) is 8.74. The predicted molar refractivity (Wildman–Crippen MR) is 206 cm³/mol. The number of carbonyl (C=O) groups excluding carboxylic acids is 1. The van der Waals surface area contributed by atoms with Crippen LogP contribution in [0.25, 0.3) is 0 Å². The molecule has 0 spiro atoms. The van der Waals surface area contributed by atoms with Gasteiger partial charge in [-0.3, -0.25) is 4.79 Å². The number of aliphatic hydroxyl groups is 1. The van der Waals surface area contributed by atoms with Crippen LogP contribution in [0.5, 0.6) is 11.5 Å². The lowest BCUT2D eigenvalue weighted by Gasteiger charge is -2.37. The number of aliphatic hydroxyl groups excluding tert-OH is 1. The second kappa shape index (κ2) is 19.7. The number of halogens is 3. The van der Waals surface area contributed by atoms with Crippen molar-refractivity contribution < 1.29 is 34.0 Å². The van der Waals surface area contributed by atoms with E-state index >= 15 is 0 Å². The molecule has 0 bridgehead atoms. The summed E-state index contributed by atoms with van der Waals surface area (Å²) in [5, 5.41) is 20.7. The molecule has 0 aromatic heterocycles. The molecule has 4 rings (SSSR count). The van der Waals surface area contributed by atoms with E-state index in [-0.39, 0.29) is 38.3 Å². The Morgan fingerprint density at radius 3 is 2.08 bits per heavy atom. The van der Waals surface area contributed by atoms with E-state index in [1.54, 1.807) is 19.2 Å². The molecule has 1 aliphatic rings. The molecular weight excluding hydrogens is 727 g/mol. The molecule has 3 aromatic carbocycles. The first-order valence-electron chi connectivity index (χ1n) is 17.8. The van der Waals surface area contributed by atoms with Crippen LogP contribution in [0.2, 0.25) is 15.1 Å². The van der Waals surface area contributed by atoms with Gasteiger partial charge in [0.15, 0.2) is 5.75 Å². The molecule has 1 saturated carbocycles. The number of aryl methyl sites for hydroxylation is 2. The molecule has 0 radical (unpaired) electrons. The molecule has 284 valence electrons. The summed E-state index contributed by atoms with van der Waals surface area (Å²) < 4.78 is 16.9. The highest BCUT2D eigenvalue weighted by molar-refractivity contribution is 6.37. The monoisotopic (exact) mass is 776 g/mol. The highest BCUT2D eigenvalue weighted by Crippen LogP contribution is 2.35. The zero-order valence-corrected chi connectivity index (χ0v) is 32.8. The van der Waals surface area contributed by atoms with Gasteiger partial charge in [0.05, 0.1) is 16.0 Å². The van der Waals surface area contributed by atoms with Gasteiger partial charge in [-0.05, 0) is 118 Å². The van der Waals surface area contributed by atoms with Crippen LogP contribution in [0.1, 0.15) is 68.7 Å². The number of carboxylic acid groups (broad SMARTS) is 1. The topological polar surface area (TPSA) is 109 Å². The molecule has 1 aliphatic carbocycles. The average molecular weight is 778 g/mol. The fourth-order valence-corrected chi connectivity index (χ4v) is 6.91. The second-order valence-corrected chi connectivity index (χ2v) is 15.5. The lowest BCUT2D eigenvalue weighted by molar-refractivity contribution is -0.137. The van der Waals surface area contributed by atoms with E-state index < -0.39 is 17.6 Å². The van der Waals surface area contributed by atoms with Crippen LogP contribution in [-0.2, 0) is 35.3 Å². The molecule has 3 aromatic rings. The summed E-state index contributed by atoms with van der Waals surface area (Å²) in [4.78, 5) is 30.2. The van der Waals surface area contributed by atoms with Crippen molar-refractivity contribution in [1.29, 1.82) is 0 Å². The third-order valence-electron chi connectivity index (χ3n) is 9.01. The molecule has 1 fully saturated rings. The van der Waals surface area contributed by atoms with E-state index in [0.29, 0.717) is 59.0 Å². The van der Waals surface area contributed by atoms with Crippen molar-refractivity contribution in [2.75, 3.05) is 40.1 Å². The Bertz CT molecular complexity index is 1600. The lowest BCUT2D eigenvalue weighted by Crippen LogP contribution is -2.51. The van der Waals surface area contributed by atoms with E-state index in [1.165, 1.54) is 4.90 Å². The Hall–Kier alpha value is -3.21. The molecule has 0 saturated heterocycles. The van der Waals surface area contributed by atoms with Gasteiger partial charge in [-0.1, -0.05) is 59.1 Å². The number of rotatable bonds is 20. The lowest BCUT2D eigenvalue weighted by atomic mass is 9.94. The highest BCUT2D eigenvalue weighted by atomic mass is 35.5. The van der Waals surface area contributed by atoms with Crippen molar-refractivity contribution in [3.8, 4) is 11.5 Å². The molecule has 52 heavy (non-hydrogen) atoms. The van der Waals surface area contributed by atoms with Crippen molar-refractivity contribution in [2.24, 2.45) is 5.92 Å². The van der Waals surface area contributed by atoms with Gasteiger partial charge < -0.3 is 34.2 Å². The summed E-state index contributed by atoms with van der Waals surface area (Å²) in [7, 11) is 1.69. The summed E-state index contributed by atoms with van der Waals surface area (Å²) in [5.41, 5.74) is 3.12. The molecule has 0 heterocycles. The first-order valence-corrected chi connectivity index (χ1v) is 18.9. The van der Waals surface area contributed by atoms with Gasteiger partial charge in [0, 0.05) is 50.0 Å². The Kier molecular flexibility index (Phi) is 15.8. The van der Waals surface area contributed by atoms with Crippen molar-refractivity contribution in [3.05, 3.63) is 91.9 Å². The van der Waals surface area contributed by atoms with E-state index in [2.05, 4.69) is 6.07 Å². The Morgan fingerprint density at radius 1 is 0.846 bits per heavy atom. The minimum absolute atomic E-state index is 0.0504. The zero-order valence-electron chi connectivity index (χ0n) is 30.5. The molecule has 12 heteroatoms. The first kappa shape index (κ1) is 41.5. The average Bonchev–Trinajstić information content (AvgIpc) is 3.94. The summed E-state index contributed by atoms with van der Waals surface area (Å²) in [5.74, 6) is 0.293. The Balaban J connectivity index is 1.45. The van der Waals surface area contributed by atoms with Gasteiger partial charge in [0.2, 0.25) is 5.91 Å². The van der Waals surface area contributed by atoms with E-state index in [1.807, 2.05) is 62.1 Å². The van der Waals surface area contributed by atoms with Crippen LogP contribution in [0.3, 0.4) is 0 Å². The van der Waals surface area contributed by atoms with E-state index in [9.17, 15) is 14.7 Å². The maximum atomic E-state index is 14.5. The maximum absolute atomic E-state index is 14.5. The largest absolute Gasteiger partial charge is 0.490 e. The van der Waals surface area contributed by atoms with Crippen LogP contribution in [0.4, 0.5) is 4.79 Å². The summed E-state index contributed by atoms with van der Waals surface area (Å²) in [6, 6.07) is 17.1. The molecule has 0 aliphatic heterocycles. The second-order valence-electron chi connectivity index (χ2n) is 14.2. The first-order chi connectivity index (χ1) is 24.8. The third-order valence-corrected chi connectivity index (χ3v) is 9.94. The zero-order chi connectivity index (χ0) is 37.8. The number of amides is 2. The molecule has 1 atom stereocenters. The van der Waals surface area contributed by atoms with Crippen LogP contribution in [0, 0.1) is 5.92 Å². The Labute approximate surface area is 322 Å². The van der Waals surface area contributed by atoms with Crippen LogP contribution in [0.15, 0.2) is 54.6 Å². The smallest absolute Gasteiger partial charge is 0.407 e. The molecule has 1 unspecified atom stereocenters. The van der Waals surface area contributed by atoms with Crippen LogP contribution >= 0.6 is 34.8 Å². The minimum Gasteiger partial charge on any atom is -0.490 e. The van der Waals surface area contributed by atoms with Gasteiger partial charge in [-0.15, -0.1) is 0 Å². The molecule has 2 amide bonds. The quantitative estimate of drug-likeness (QED) is 0.111. The third kappa shape index (κ3) is 12.4. The maximum Gasteiger partial charge on any atom is 0.407 e. The fraction of sp³-hybridized carbons (Fsp3) is 0.500. The fourth-order valence-electron chi connectivity index (χ4n) is 6.09. The number of nitrogens with zero attached hydrogens (tertiary/aromatic N) is 2. The summed E-state index contributed by atoms with van der Waals surface area (Å²) in [6.45, 7) is 7.12. The molecule has 9 nitrogen and oxygen atoms in total. The summed E-state index contributed by atoms with van der Waals surface area (Å²) >= 11 is 19.5. The normalized spacial score (nSPS) is 13.5. The highest BCUT2D eigenvalue weighted by Gasteiger charge is 2.39. The number of carbonyl (C=O) groups is 2. The van der Waals surface area contributed by atoms with Gasteiger partial charge in [-0.2, -0.15) is 0 Å². The number of ether oxygens (including phenoxy) is 3. The molecule has 2 N–H and O–H groups in total. The van der Waals surface area contributed by atoms with Crippen molar-refractivity contribution in [2.45, 2.75) is 83.8 Å². The Morgan fingerprint density at radius 2 is 1.48 bits per heavy atom.